The van der Waals surface area contributed by atoms with Crippen LogP contribution >= 0.6 is 0 Å². The third-order valence-electron chi connectivity index (χ3n) is 3.41. The van der Waals surface area contributed by atoms with E-state index in [0.29, 0.717) is 24.3 Å². The lowest BCUT2D eigenvalue weighted by atomic mass is 10.1. The van der Waals surface area contributed by atoms with Crippen molar-refractivity contribution in [2.45, 2.75) is 13.1 Å². The van der Waals surface area contributed by atoms with Crippen molar-refractivity contribution in [1.82, 2.24) is 4.90 Å². The summed E-state index contributed by atoms with van der Waals surface area (Å²) in [6, 6.07) is 10.8. The Morgan fingerprint density at radius 3 is 2.67 bits per heavy atom. The zero-order chi connectivity index (χ0) is 17.7. The van der Waals surface area contributed by atoms with E-state index in [0.717, 1.165) is 5.56 Å². The van der Waals surface area contributed by atoms with E-state index in [9.17, 15) is 14.5 Å². The zero-order valence-electron chi connectivity index (χ0n) is 13.4. The van der Waals surface area contributed by atoms with Crippen molar-refractivity contribution in [3.63, 3.8) is 0 Å². The molecule has 0 aliphatic rings. The molecule has 0 fully saturated rings. The van der Waals surface area contributed by atoms with Gasteiger partial charge in [0.15, 0.2) is 0 Å². The van der Waals surface area contributed by atoms with Crippen molar-refractivity contribution >= 4 is 11.4 Å². The van der Waals surface area contributed by atoms with Crippen LogP contribution in [0.1, 0.15) is 16.7 Å². The van der Waals surface area contributed by atoms with Crippen LogP contribution in [0.15, 0.2) is 36.4 Å². The number of hydrogen-bond donors (Lipinski definition) is 1. The molecule has 0 spiro atoms. The maximum Gasteiger partial charge on any atom is 0.270 e. The minimum atomic E-state index is -0.544. The Kier molecular flexibility index (Phi) is 5.45. The smallest absolute Gasteiger partial charge is 0.270 e. The monoisotopic (exact) mass is 328 g/mol. The molecule has 0 aromatic heterocycles. The van der Waals surface area contributed by atoms with E-state index in [-0.39, 0.29) is 17.1 Å². The molecule has 0 unspecified atom stereocenters. The highest BCUT2D eigenvalue weighted by molar-refractivity contribution is 5.61. The molecule has 2 aromatic rings. The lowest BCUT2D eigenvalue weighted by Crippen LogP contribution is -2.12. The van der Waals surface area contributed by atoms with Gasteiger partial charge in [-0.15, -0.1) is 0 Å². The van der Waals surface area contributed by atoms with E-state index < -0.39 is 4.92 Å². The molecule has 7 heteroatoms. The van der Waals surface area contributed by atoms with Crippen molar-refractivity contribution in [3.05, 3.63) is 69.0 Å². The molecule has 0 saturated heterocycles. The lowest BCUT2D eigenvalue weighted by Gasteiger charge is -2.13. The van der Waals surface area contributed by atoms with Gasteiger partial charge in [0.05, 0.1) is 16.2 Å². The number of hydrogen-bond acceptors (Lipinski definition) is 5. The molecular weight excluding hydrogens is 311 g/mol. The minimum absolute atomic E-state index is 0.132. The molecule has 1 N–H and O–H groups in total. The van der Waals surface area contributed by atoms with Crippen LogP contribution in [-0.2, 0) is 13.1 Å². The number of non-ortho nitro benzene ring substituents is 1. The van der Waals surface area contributed by atoms with Gasteiger partial charge in [0, 0.05) is 30.8 Å². The average Bonchev–Trinajstić information content (AvgIpc) is 2.54. The normalized spacial score (nSPS) is 10.5. The van der Waals surface area contributed by atoms with E-state index in [1.807, 2.05) is 25.1 Å². The van der Waals surface area contributed by atoms with Crippen molar-refractivity contribution in [1.29, 1.82) is 5.26 Å². The second kappa shape index (κ2) is 7.53. The van der Waals surface area contributed by atoms with Gasteiger partial charge in [-0.2, -0.15) is 5.26 Å². The van der Waals surface area contributed by atoms with E-state index in [2.05, 4.69) is 5.32 Å². The first-order valence-corrected chi connectivity index (χ1v) is 7.25. The van der Waals surface area contributed by atoms with Gasteiger partial charge in [-0.1, -0.05) is 6.07 Å². The third-order valence-corrected chi connectivity index (χ3v) is 3.41. The molecule has 0 atom stereocenters. The highest BCUT2D eigenvalue weighted by Gasteiger charge is 2.11. The molecule has 6 nitrogen and oxygen atoms in total. The van der Waals surface area contributed by atoms with Crippen LogP contribution in [0, 0.1) is 27.3 Å². The highest BCUT2D eigenvalue weighted by Crippen LogP contribution is 2.22. The summed E-state index contributed by atoms with van der Waals surface area (Å²) in [4.78, 5) is 12.1. The van der Waals surface area contributed by atoms with Gasteiger partial charge in [0.25, 0.3) is 5.69 Å². The summed E-state index contributed by atoms with van der Waals surface area (Å²) in [7, 11) is 3.72. The molecule has 2 rings (SSSR count). The van der Waals surface area contributed by atoms with E-state index in [1.54, 1.807) is 12.1 Å². The zero-order valence-corrected chi connectivity index (χ0v) is 13.4. The number of benzene rings is 2. The topological polar surface area (TPSA) is 82.2 Å². The molecule has 0 heterocycles. The van der Waals surface area contributed by atoms with Crippen LogP contribution in [0.5, 0.6) is 0 Å². The summed E-state index contributed by atoms with van der Waals surface area (Å²) < 4.78 is 13.8. The molecule has 0 radical (unpaired) electrons. The number of nitrogens with zero attached hydrogens (tertiary/aromatic N) is 3. The maximum atomic E-state index is 13.8. The van der Waals surface area contributed by atoms with Crippen LogP contribution in [0.4, 0.5) is 15.8 Å². The Hall–Kier alpha value is -2.98. The Bertz CT molecular complexity index is 800. The van der Waals surface area contributed by atoms with Gasteiger partial charge in [0.2, 0.25) is 0 Å². The van der Waals surface area contributed by atoms with Crippen LogP contribution in [-0.4, -0.2) is 23.9 Å². The maximum absolute atomic E-state index is 13.8. The number of rotatable bonds is 6. The Labute approximate surface area is 139 Å². The molecule has 0 aliphatic carbocycles. The molecule has 0 saturated carbocycles. The van der Waals surface area contributed by atoms with Gasteiger partial charge in [-0.25, -0.2) is 4.39 Å². The molecule has 2 aromatic carbocycles. The van der Waals surface area contributed by atoms with Crippen LogP contribution in [0.2, 0.25) is 0 Å². The number of nitrogens with one attached hydrogen (secondary N) is 1. The third kappa shape index (κ3) is 4.27. The van der Waals surface area contributed by atoms with Crippen molar-refractivity contribution < 1.29 is 9.31 Å². The fourth-order valence-corrected chi connectivity index (χ4v) is 2.29. The molecule has 0 aliphatic heterocycles. The lowest BCUT2D eigenvalue weighted by molar-refractivity contribution is -0.384. The second-order valence-electron chi connectivity index (χ2n) is 5.62. The van der Waals surface area contributed by atoms with Gasteiger partial charge >= 0.3 is 0 Å². The van der Waals surface area contributed by atoms with E-state index in [1.165, 1.54) is 24.3 Å². The number of nitro groups is 1. The first-order chi connectivity index (χ1) is 11.4. The predicted octanol–water partition coefficient (Wildman–Crippen LogP) is 3.28. The number of halogens is 1. The van der Waals surface area contributed by atoms with Crippen LogP contribution in [0.3, 0.4) is 0 Å². The molecule has 0 bridgehead atoms. The summed E-state index contributed by atoms with van der Waals surface area (Å²) in [6.07, 6.45) is 0. The van der Waals surface area contributed by atoms with Gasteiger partial charge in [0.1, 0.15) is 11.9 Å². The fraction of sp³-hybridized carbons (Fsp3) is 0.235. The fourth-order valence-electron chi connectivity index (χ4n) is 2.29. The number of anilines is 1. The standard InChI is InChI=1S/C17H17FN4O2/c1-21(2)11-14-7-12(3-5-16(14)18)10-20-17-6-4-15(22(23)24)8-13(17)9-19/h3-8,20H,10-11H2,1-2H3. The van der Waals surface area contributed by atoms with Gasteiger partial charge in [-0.3, -0.25) is 10.1 Å². The van der Waals surface area contributed by atoms with Gasteiger partial charge in [-0.05, 0) is 37.9 Å². The first-order valence-electron chi connectivity index (χ1n) is 7.25. The van der Waals surface area contributed by atoms with E-state index in [4.69, 9.17) is 5.26 Å². The molecular formula is C17H17FN4O2. The quantitative estimate of drug-likeness (QED) is 0.650. The second-order valence-corrected chi connectivity index (χ2v) is 5.62. The summed E-state index contributed by atoms with van der Waals surface area (Å²) in [5, 5.41) is 23.0. The summed E-state index contributed by atoms with van der Waals surface area (Å²) in [5.74, 6) is -0.263. The average molecular weight is 328 g/mol. The number of nitro benzene ring substituents is 1. The summed E-state index contributed by atoms with van der Waals surface area (Å²) in [5.41, 5.74) is 2.01. The Morgan fingerprint density at radius 1 is 1.29 bits per heavy atom. The molecule has 0 amide bonds. The number of nitriles is 1. The van der Waals surface area contributed by atoms with E-state index >= 15 is 0 Å². The molecule has 24 heavy (non-hydrogen) atoms. The van der Waals surface area contributed by atoms with Crippen molar-refractivity contribution in [3.8, 4) is 6.07 Å². The summed E-state index contributed by atoms with van der Waals surface area (Å²) in [6.45, 7) is 0.869. The Morgan fingerprint density at radius 2 is 2.04 bits per heavy atom. The Balaban J connectivity index is 2.16. The first kappa shape index (κ1) is 17.4. The molecule has 124 valence electrons. The highest BCUT2D eigenvalue weighted by atomic mass is 19.1. The predicted molar refractivity (Wildman–Crippen MR) is 88.9 cm³/mol. The summed E-state index contributed by atoms with van der Waals surface area (Å²) >= 11 is 0. The van der Waals surface area contributed by atoms with Crippen LogP contribution < -0.4 is 5.32 Å². The largest absolute Gasteiger partial charge is 0.380 e. The van der Waals surface area contributed by atoms with Gasteiger partial charge < -0.3 is 10.2 Å². The minimum Gasteiger partial charge on any atom is -0.380 e. The van der Waals surface area contributed by atoms with Crippen molar-refractivity contribution in [2.75, 3.05) is 19.4 Å². The van der Waals surface area contributed by atoms with Crippen LogP contribution in [0.25, 0.3) is 0 Å². The van der Waals surface area contributed by atoms with Crippen molar-refractivity contribution in [2.24, 2.45) is 0 Å². The SMILES string of the molecule is CN(C)Cc1cc(CNc2ccc([N+](=O)[O-])cc2C#N)ccc1F.